The van der Waals surface area contributed by atoms with Gasteiger partial charge in [0, 0.05) is 12.1 Å². The van der Waals surface area contributed by atoms with Crippen LogP contribution in [0.5, 0.6) is 17.6 Å². The fraction of sp³-hybridized carbons (Fsp3) is 0.346. The van der Waals surface area contributed by atoms with Gasteiger partial charge >= 0.3 is 12.0 Å². The number of nitrogens with two attached hydrogens (primary N) is 2. The molecule has 1 unspecified atom stereocenters. The number of benzene rings is 2. The summed E-state index contributed by atoms with van der Waals surface area (Å²) in [5, 5.41) is 27.6. The molecule has 3 rings (SSSR count). The Kier molecular flexibility index (Phi) is 11.7. The molecule has 1 aromatic heterocycles. The van der Waals surface area contributed by atoms with E-state index in [0.29, 0.717) is 30.0 Å². The number of carbonyl (C=O) groups is 2. The van der Waals surface area contributed by atoms with Crippen LogP contribution in [-0.4, -0.2) is 58.5 Å². The summed E-state index contributed by atoms with van der Waals surface area (Å²) in [6.45, 7) is 4.24. The Labute approximate surface area is 225 Å². The molecule has 13 nitrogen and oxygen atoms in total. The quantitative estimate of drug-likeness (QED) is 0.184. The number of carboxylic acid groups (broad SMARTS) is 1. The number of nitrogens with zero attached hydrogens (tertiary/aromatic N) is 3. The molecule has 0 aliphatic heterocycles. The van der Waals surface area contributed by atoms with E-state index in [1.165, 1.54) is 14.2 Å². The maximum atomic E-state index is 12.0. The molecule has 0 spiro atoms. The Bertz CT molecular complexity index is 1280. The Morgan fingerprint density at radius 2 is 1.79 bits per heavy atom. The molecule has 0 saturated carbocycles. The molecule has 0 saturated heterocycles. The monoisotopic (exact) mass is 542 g/mol. The Morgan fingerprint density at radius 3 is 2.36 bits per heavy atom. The van der Waals surface area contributed by atoms with Gasteiger partial charge in [0.1, 0.15) is 6.04 Å². The van der Waals surface area contributed by atoms with Crippen LogP contribution in [0.4, 0.5) is 0 Å². The second-order valence-corrected chi connectivity index (χ2v) is 8.72. The van der Waals surface area contributed by atoms with Crippen molar-refractivity contribution in [2.24, 2.45) is 22.4 Å². The number of guanidine groups is 1. The summed E-state index contributed by atoms with van der Waals surface area (Å²) < 4.78 is 15.2. The topological polar surface area (TPSA) is 208 Å². The third-order valence-electron chi connectivity index (χ3n) is 5.20. The van der Waals surface area contributed by atoms with Crippen molar-refractivity contribution in [2.75, 3.05) is 14.2 Å². The molecule has 210 valence electrons. The molecule has 3 aromatic rings. The highest BCUT2D eigenvalue weighted by molar-refractivity contribution is 5.94. The Balaban J connectivity index is 0.000000318. The van der Waals surface area contributed by atoms with Crippen LogP contribution in [0.3, 0.4) is 0 Å². The number of aromatic nitrogens is 2. The molecule has 1 amide bonds. The lowest BCUT2D eigenvalue weighted by atomic mass is 10.0. The number of carboxylic acids is 1. The van der Waals surface area contributed by atoms with Crippen LogP contribution >= 0.6 is 0 Å². The molecule has 1 heterocycles. The lowest BCUT2D eigenvalue weighted by molar-refractivity contribution is -0.139. The van der Waals surface area contributed by atoms with Gasteiger partial charge in [-0.1, -0.05) is 37.1 Å². The first-order valence-electron chi connectivity index (χ1n) is 11.9. The number of aliphatic carboxylic acids is 1. The molecule has 13 heteroatoms. The van der Waals surface area contributed by atoms with E-state index in [4.69, 9.17) is 35.6 Å². The van der Waals surface area contributed by atoms with Gasteiger partial charge in [-0.2, -0.15) is 4.99 Å². The zero-order valence-corrected chi connectivity index (χ0v) is 22.2. The molecule has 39 heavy (non-hydrogen) atoms. The number of rotatable bonds is 10. The summed E-state index contributed by atoms with van der Waals surface area (Å²) in [5.74, 6) is -0.239. The third kappa shape index (κ3) is 9.97. The van der Waals surface area contributed by atoms with Crippen LogP contribution < -0.4 is 26.3 Å². The second-order valence-electron chi connectivity index (χ2n) is 8.72. The first-order valence-corrected chi connectivity index (χ1v) is 11.9. The summed E-state index contributed by atoms with van der Waals surface area (Å²) in [4.78, 5) is 26.9. The first-order chi connectivity index (χ1) is 18.6. The van der Waals surface area contributed by atoms with Gasteiger partial charge in [0.2, 0.25) is 0 Å². The van der Waals surface area contributed by atoms with Crippen molar-refractivity contribution in [1.29, 1.82) is 0 Å². The van der Waals surface area contributed by atoms with E-state index in [9.17, 15) is 9.59 Å². The number of carbonyl (C=O) groups excluding carboxylic acids is 1. The lowest BCUT2D eigenvalue weighted by Crippen LogP contribution is -2.45. The summed E-state index contributed by atoms with van der Waals surface area (Å²) in [5.41, 5.74) is 13.5. The highest BCUT2D eigenvalue weighted by Crippen LogP contribution is 2.27. The molecule has 0 bridgehead atoms. The van der Waals surface area contributed by atoms with Crippen LogP contribution in [0.2, 0.25) is 0 Å². The Hall–Kier alpha value is -4.65. The average molecular weight is 543 g/mol. The number of hydrogen-bond donors (Lipinski definition) is 5. The van der Waals surface area contributed by atoms with Crippen LogP contribution in [0, 0.1) is 5.92 Å². The summed E-state index contributed by atoms with van der Waals surface area (Å²) in [7, 11) is 3.03. The van der Waals surface area contributed by atoms with Gasteiger partial charge in [-0.05, 0) is 47.7 Å². The standard InChI is InChI=1S/C17H25N3O5.C9H9N3O2/c1-10(2)7-12(16(22)23)19-17(18)20-15(21)9-11-5-6-13(24-3)14(8-11)25-4;10-5-6-2-1-3-7(4-6)8-11-12-9(13)14-8/h5-6,8,10,12H,7,9H2,1-4H3,(H,22,23)(H3,18,19,20,21);1-4H,5,10H2,(H,12,13). The number of ether oxygens (including phenoxy) is 2. The van der Waals surface area contributed by atoms with E-state index in [1.54, 1.807) is 18.2 Å². The van der Waals surface area contributed by atoms with E-state index in [-0.39, 0.29) is 24.2 Å². The van der Waals surface area contributed by atoms with Crippen molar-refractivity contribution >= 4 is 17.8 Å². The molecule has 0 aliphatic carbocycles. The lowest BCUT2D eigenvalue weighted by Gasteiger charge is -2.16. The molecular weight excluding hydrogens is 508 g/mol. The number of methoxy groups -OCH3 is 2. The first kappa shape index (κ1) is 30.6. The summed E-state index contributed by atoms with van der Waals surface area (Å²) >= 11 is 0. The van der Waals surface area contributed by atoms with Gasteiger partial charge in [-0.3, -0.25) is 4.79 Å². The minimum atomic E-state index is -1.04. The van der Waals surface area contributed by atoms with Gasteiger partial charge in [0.05, 0.1) is 20.6 Å². The highest BCUT2D eigenvalue weighted by Gasteiger charge is 2.19. The summed E-state index contributed by atoms with van der Waals surface area (Å²) in [6.07, 6.45) is -0.0572. The molecular formula is C26H34N6O7. The minimum Gasteiger partial charge on any atom is -0.493 e. The normalized spacial score (nSPS) is 11.8. The van der Waals surface area contributed by atoms with E-state index >= 15 is 0 Å². The van der Waals surface area contributed by atoms with Crippen molar-refractivity contribution in [3.05, 3.63) is 53.6 Å². The number of amides is 1. The second kappa shape index (κ2) is 14.9. The number of aromatic hydroxyl groups is 1. The molecule has 0 aliphatic rings. The van der Waals surface area contributed by atoms with E-state index in [0.717, 1.165) is 11.1 Å². The predicted molar refractivity (Wildman–Crippen MR) is 143 cm³/mol. The molecule has 1 atom stereocenters. The minimum absolute atomic E-state index is 0.00462. The number of nitrogens with one attached hydrogen (secondary N) is 1. The van der Waals surface area contributed by atoms with E-state index in [2.05, 4.69) is 20.5 Å². The number of aliphatic imine (C=N–C) groups is 1. The van der Waals surface area contributed by atoms with Gasteiger partial charge in [-0.25, -0.2) is 4.79 Å². The smallest absolute Gasteiger partial charge is 0.412 e. The van der Waals surface area contributed by atoms with Crippen molar-refractivity contribution in [1.82, 2.24) is 15.5 Å². The van der Waals surface area contributed by atoms with Gasteiger partial charge in [-0.15, -0.1) is 5.10 Å². The van der Waals surface area contributed by atoms with E-state index in [1.807, 2.05) is 38.1 Å². The highest BCUT2D eigenvalue weighted by atomic mass is 16.5. The SMILES string of the molecule is COc1ccc(CC(=O)N=C(N)NC(CC(C)C)C(=O)O)cc1OC.NCc1cccc(-c2nnc(O)o2)c1. The third-order valence-corrected chi connectivity index (χ3v) is 5.20. The summed E-state index contributed by atoms with van der Waals surface area (Å²) in [6, 6.07) is 11.6. The van der Waals surface area contributed by atoms with Crippen molar-refractivity contribution in [3.8, 4) is 29.0 Å². The van der Waals surface area contributed by atoms with Crippen LogP contribution in [0.15, 0.2) is 51.9 Å². The zero-order chi connectivity index (χ0) is 28.9. The van der Waals surface area contributed by atoms with Crippen molar-refractivity contribution in [3.63, 3.8) is 0 Å². The van der Waals surface area contributed by atoms with Crippen molar-refractivity contribution < 1.29 is 33.7 Å². The van der Waals surface area contributed by atoms with Crippen LogP contribution in [0.1, 0.15) is 31.4 Å². The fourth-order valence-corrected chi connectivity index (χ4v) is 3.41. The predicted octanol–water partition coefficient (Wildman–Crippen LogP) is 2.08. The largest absolute Gasteiger partial charge is 0.493 e. The van der Waals surface area contributed by atoms with Crippen LogP contribution in [0.25, 0.3) is 11.5 Å². The average Bonchev–Trinajstić information content (AvgIpc) is 3.34. The van der Waals surface area contributed by atoms with E-state index < -0.39 is 24.0 Å². The van der Waals surface area contributed by atoms with Crippen molar-refractivity contribution in [2.45, 2.75) is 39.3 Å². The maximum absolute atomic E-state index is 12.0. The molecule has 7 N–H and O–H groups in total. The van der Waals surface area contributed by atoms with Crippen LogP contribution in [-0.2, 0) is 22.6 Å². The maximum Gasteiger partial charge on any atom is 0.412 e. The van der Waals surface area contributed by atoms with Gasteiger partial charge in [0.25, 0.3) is 11.8 Å². The molecule has 0 radical (unpaired) electrons. The Morgan fingerprint density at radius 1 is 1.08 bits per heavy atom. The zero-order valence-electron chi connectivity index (χ0n) is 22.2. The fourth-order valence-electron chi connectivity index (χ4n) is 3.41. The molecule has 0 fully saturated rings. The molecule has 2 aromatic carbocycles. The number of hydrogen-bond acceptors (Lipinski definition) is 9. The van der Waals surface area contributed by atoms with Gasteiger partial charge < -0.3 is 40.9 Å². The van der Waals surface area contributed by atoms with Gasteiger partial charge in [0.15, 0.2) is 17.5 Å².